The van der Waals surface area contributed by atoms with Crippen molar-refractivity contribution in [2.45, 2.75) is 0 Å². The number of hydrogen-bond donors (Lipinski definition) is 1. The highest BCUT2D eigenvalue weighted by Crippen LogP contribution is 2.37. The van der Waals surface area contributed by atoms with E-state index in [1.54, 1.807) is 18.2 Å². The number of methoxy groups -OCH3 is 1. The maximum Gasteiger partial charge on any atom is 0.132 e. The van der Waals surface area contributed by atoms with Gasteiger partial charge in [0.25, 0.3) is 0 Å². The third-order valence-corrected chi connectivity index (χ3v) is 4.21. The third kappa shape index (κ3) is 2.90. The molecule has 2 N–H and O–H groups in total. The Morgan fingerprint density at radius 3 is 2.74 bits per heavy atom. The first kappa shape index (κ1) is 15.8. The Kier molecular flexibility index (Phi) is 4.24. The van der Waals surface area contributed by atoms with Crippen molar-refractivity contribution in [3.63, 3.8) is 0 Å². The summed E-state index contributed by atoms with van der Waals surface area (Å²) >= 11 is 12.4. The minimum atomic E-state index is -0.452. The average molecular weight is 352 g/mol. The SMILES string of the molecule is COc1ccc(F)c(C2=NCC(N)=Nc3ccc(Cl)c(Cl)c32)c1. The lowest BCUT2D eigenvalue weighted by Crippen LogP contribution is -2.15. The second-order valence-electron chi connectivity index (χ2n) is 4.87. The predicted octanol–water partition coefficient (Wildman–Crippen LogP) is 3.98. The number of benzene rings is 2. The summed E-state index contributed by atoms with van der Waals surface area (Å²) in [5, 5.41) is 0.584. The van der Waals surface area contributed by atoms with Gasteiger partial charge in [-0.15, -0.1) is 0 Å². The van der Waals surface area contributed by atoms with Gasteiger partial charge < -0.3 is 10.5 Å². The van der Waals surface area contributed by atoms with Gasteiger partial charge in [-0.3, -0.25) is 4.99 Å². The standard InChI is InChI=1S/C16H12Cl2FN3O/c1-23-8-2-4-11(19)9(6-8)16-14-12(22-13(20)7-21-16)5-3-10(17)15(14)18/h2-6H,7H2,1H3,(H2,20,22). The van der Waals surface area contributed by atoms with E-state index in [-0.39, 0.29) is 17.1 Å². The van der Waals surface area contributed by atoms with Crippen molar-refractivity contribution in [1.82, 2.24) is 0 Å². The second-order valence-corrected chi connectivity index (χ2v) is 5.65. The molecule has 0 spiro atoms. The third-order valence-electron chi connectivity index (χ3n) is 3.40. The number of fused-ring (bicyclic) bond motifs is 1. The Bertz CT molecular complexity index is 849. The summed E-state index contributed by atoms with van der Waals surface area (Å²) in [6.45, 7) is 0.134. The molecule has 0 aromatic heterocycles. The molecule has 0 bridgehead atoms. The molecule has 0 radical (unpaired) electrons. The maximum atomic E-state index is 14.4. The van der Waals surface area contributed by atoms with Crippen LogP contribution in [0.2, 0.25) is 10.0 Å². The molecule has 0 saturated heterocycles. The first-order chi connectivity index (χ1) is 11.0. The van der Waals surface area contributed by atoms with E-state index < -0.39 is 5.82 Å². The molecule has 3 rings (SSSR count). The zero-order valence-electron chi connectivity index (χ0n) is 12.1. The zero-order valence-corrected chi connectivity index (χ0v) is 13.6. The Balaban J connectivity index is 2.29. The van der Waals surface area contributed by atoms with E-state index in [1.165, 1.54) is 19.2 Å². The van der Waals surface area contributed by atoms with Crippen molar-refractivity contribution in [3.05, 3.63) is 57.3 Å². The normalized spacial score (nSPS) is 13.7. The largest absolute Gasteiger partial charge is 0.497 e. The van der Waals surface area contributed by atoms with Crippen LogP contribution in [0.15, 0.2) is 40.3 Å². The topological polar surface area (TPSA) is 60.0 Å². The second kappa shape index (κ2) is 6.18. The molecular formula is C16H12Cl2FN3O. The van der Waals surface area contributed by atoms with Gasteiger partial charge in [0, 0.05) is 11.1 Å². The lowest BCUT2D eigenvalue weighted by Gasteiger charge is -2.13. The Hall–Kier alpha value is -2.11. The monoisotopic (exact) mass is 351 g/mol. The lowest BCUT2D eigenvalue weighted by atomic mass is 9.99. The predicted molar refractivity (Wildman–Crippen MR) is 91.2 cm³/mol. The Morgan fingerprint density at radius 1 is 1.22 bits per heavy atom. The molecule has 0 unspecified atom stereocenters. The fourth-order valence-corrected chi connectivity index (χ4v) is 2.73. The van der Waals surface area contributed by atoms with Gasteiger partial charge >= 0.3 is 0 Å². The highest BCUT2D eigenvalue weighted by Gasteiger charge is 2.23. The highest BCUT2D eigenvalue weighted by molar-refractivity contribution is 6.45. The minimum Gasteiger partial charge on any atom is -0.497 e. The van der Waals surface area contributed by atoms with Gasteiger partial charge in [-0.2, -0.15) is 0 Å². The van der Waals surface area contributed by atoms with E-state index in [4.69, 9.17) is 33.7 Å². The van der Waals surface area contributed by atoms with E-state index >= 15 is 0 Å². The molecule has 2 aromatic carbocycles. The number of hydrogen-bond acceptors (Lipinski definition) is 4. The van der Waals surface area contributed by atoms with Gasteiger partial charge in [0.05, 0.1) is 35.1 Å². The smallest absolute Gasteiger partial charge is 0.132 e. The van der Waals surface area contributed by atoms with Crippen molar-refractivity contribution < 1.29 is 9.13 Å². The van der Waals surface area contributed by atoms with E-state index in [1.807, 2.05) is 0 Å². The molecule has 0 amide bonds. The molecule has 0 aliphatic carbocycles. The Labute approximate surface area is 142 Å². The van der Waals surface area contributed by atoms with Crippen molar-refractivity contribution in [2.75, 3.05) is 13.7 Å². The molecule has 0 fully saturated rings. The number of rotatable bonds is 2. The average Bonchev–Trinajstić information content (AvgIpc) is 2.71. The number of amidine groups is 1. The van der Waals surface area contributed by atoms with E-state index in [0.29, 0.717) is 33.6 Å². The van der Waals surface area contributed by atoms with Crippen LogP contribution < -0.4 is 10.5 Å². The molecule has 1 heterocycles. The molecule has 23 heavy (non-hydrogen) atoms. The zero-order chi connectivity index (χ0) is 16.6. The Morgan fingerprint density at radius 2 is 2.00 bits per heavy atom. The lowest BCUT2D eigenvalue weighted by molar-refractivity contribution is 0.413. The summed E-state index contributed by atoms with van der Waals surface area (Å²) in [7, 11) is 1.50. The molecule has 4 nitrogen and oxygen atoms in total. The molecule has 118 valence electrons. The molecule has 1 aliphatic rings. The van der Waals surface area contributed by atoms with Crippen LogP contribution in [-0.2, 0) is 0 Å². The number of nitrogens with zero attached hydrogens (tertiary/aromatic N) is 2. The summed E-state index contributed by atoms with van der Waals surface area (Å²) in [5.74, 6) is 0.358. The van der Waals surface area contributed by atoms with Gasteiger partial charge in [0.2, 0.25) is 0 Å². The van der Waals surface area contributed by atoms with Gasteiger partial charge in [-0.25, -0.2) is 9.38 Å². The molecule has 1 aliphatic heterocycles. The molecule has 7 heteroatoms. The maximum absolute atomic E-state index is 14.4. The number of halogens is 3. The van der Waals surface area contributed by atoms with Crippen LogP contribution in [0.5, 0.6) is 5.75 Å². The number of nitrogens with two attached hydrogens (primary N) is 1. The fourth-order valence-electron chi connectivity index (χ4n) is 2.32. The summed E-state index contributed by atoms with van der Waals surface area (Å²) in [6, 6.07) is 7.68. The number of ether oxygens (including phenoxy) is 1. The summed E-state index contributed by atoms with van der Waals surface area (Å²) in [4.78, 5) is 8.65. The minimum absolute atomic E-state index is 0.134. The van der Waals surface area contributed by atoms with Crippen LogP contribution in [-0.4, -0.2) is 25.2 Å². The van der Waals surface area contributed by atoms with Gasteiger partial charge in [-0.1, -0.05) is 23.2 Å². The number of aliphatic imine (C=N–C) groups is 2. The van der Waals surface area contributed by atoms with Gasteiger partial charge in [0.1, 0.15) is 17.4 Å². The molecule has 2 aromatic rings. The van der Waals surface area contributed by atoms with Crippen LogP contribution in [0.3, 0.4) is 0 Å². The van der Waals surface area contributed by atoms with E-state index in [9.17, 15) is 4.39 Å². The summed E-state index contributed by atoms with van der Waals surface area (Å²) in [6.07, 6.45) is 0. The quantitative estimate of drug-likeness (QED) is 0.889. The van der Waals surface area contributed by atoms with Crippen LogP contribution in [0, 0.1) is 5.82 Å². The summed E-state index contributed by atoms with van der Waals surface area (Å²) < 4.78 is 19.5. The molecule has 0 atom stereocenters. The van der Waals surface area contributed by atoms with E-state index in [0.717, 1.165) is 0 Å². The van der Waals surface area contributed by atoms with Gasteiger partial charge in [-0.05, 0) is 30.3 Å². The first-order valence-electron chi connectivity index (χ1n) is 6.71. The van der Waals surface area contributed by atoms with Crippen LogP contribution in [0.25, 0.3) is 0 Å². The van der Waals surface area contributed by atoms with Crippen LogP contribution in [0.4, 0.5) is 10.1 Å². The van der Waals surface area contributed by atoms with Crippen molar-refractivity contribution in [1.29, 1.82) is 0 Å². The molecular weight excluding hydrogens is 340 g/mol. The first-order valence-corrected chi connectivity index (χ1v) is 7.46. The van der Waals surface area contributed by atoms with Crippen LogP contribution in [0.1, 0.15) is 11.1 Å². The fraction of sp³-hybridized carbons (Fsp3) is 0.125. The van der Waals surface area contributed by atoms with Crippen molar-refractivity contribution in [3.8, 4) is 5.75 Å². The van der Waals surface area contributed by atoms with Crippen LogP contribution >= 0.6 is 23.2 Å². The molecule has 0 saturated carbocycles. The van der Waals surface area contributed by atoms with Gasteiger partial charge in [0.15, 0.2) is 0 Å². The highest BCUT2D eigenvalue weighted by atomic mass is 35.5. The summed E-state index contributed by atoms with van der Waals surface area (Å²) in [5.41, 5.74) is 7.36. The van der Waals surface area contributed by atoms with Crippen molar-refractivity contribution >= 4 is 40.4 Å². The van der Waals surface area contributed by atoms with Crippen molar-refractivity contribution in [2.24, 2.45) is 15.7 Å². The van der Waals surface area contributed by atoms with E-state index in [2.05, 4.69) is 9.98 Å².